The van der Waals surface area contributed by atoms with Crippen LogP contribution in [0, 0.1) is 0 Å². The molecule has 0 atom stereocenters. The van der Waals surface area contributed by atoms with E-state index >= 15 is 0 Å². The molecule has 0 heterocycles. The van der Waals surface area contributed by atoms with E-state index in [0.29, 0.717) is 0 Å². The van der Waals surface area contributed by atoms with E-state index in [0.717, 1.165) is 0 Å². The van der Waals surface area contributed by atoms with Crippen molar-refractivity contribution in [1.29, 1.82) is 0 Å². The molecule has 0 aromatic heterocycles. The average Bonchev–Trinajstić information content (AvgIpc) is 0. The Balaban J connectivity index is 0. The van der Waals surface area contributed by atoms with E-state index < -0.39 is 0 Å². The summed E-state index contributed by atoms with van der Waals surface area (Å²) in [6, 6.07) is 0. The minimum Gasteiger partial charge on any atom is -1.00 e. The summed E-state index contributed by atoms with van der Waals surface area (Å²) < 4.78 is 0. The number of hydrogen-bond acceptors (Lipinski definition) is 0. The van der Waals surface area contributed by atoms with Crippen LogP contribution in [0.25, 0.3) is 0 Å². The van der Waals surface area contributed by atoms with Gasteiger partial charge in [0.15, 0.2) is 0 Å². The van der Waals surface area contributed by atoms with Crippen molar-refractivity contribution in [2.75, 3.05) is 0 Å². The third-order valence-electron chi connectivity index (χ3n) is 0. The molecule has 38 valence electrons. The third-order valence-corrected chi connectivity index (χ3v) is 0. The van der Waals surface area contributed by atoms with Gasteiger partial charge in [0.2, 0.25) is 0 Å². The van der Waals surface area contributed by atoms with Gasteiger partial charge in [-0.05, 0) is 0 Å². The largest absolute Gasteiger partial charge is 1.00 e. The molecule has 0 fully saturated rings. The third kappa shape index (κ3) is 20.6. The molecule has 0 nitrogen and oxygen atoms in total. The molecule has 0 aliphatic rings. The van der Waals surface area contributed by atoms with Crippen LogP contribution in [0.1, 0.15) is 0 Å². The van der Waals surface area contributed by atoms with Crippen LogP contribution in [0.4, 0.5) is 0 Å². The van der Waals surface area contributed by atoms with Gasteiger partial charge in [-0.2, -0.15) is 0 Å². The van der Waals surface area contributed by atoms with Crippen LogP contribution in [0.3, 0.4) is 0 Å². The monoisotopic (exact) mass is 500 g/mol. The fourth-order valence-electron chi connectivity index (χ4n) is 0. The molecule has 0 saturated heterocycles. The first-order valence-corrected chi connectivity index (χ1v) is 0. The minimum absolute atomic E-state index is 0. The number of rotatable bonds is 0. The van der Waals surface area contributed by atoms with Gasteiger partial charge in [-0.25, -0.2) is 0 Å². The first kappa shape index (κ1) is 48.8. The van der Waals surface area contributed by atoms with E-state index in [1.165, 1.54) is 0 Å². The molecule has 0 N–H and O–H groups in total. The van der Waals surface area contributed by atoms with Crippen molar-refractivity contribution in [3.63, 3.8) is 0 Å². The van der Waals surface area contributed by atoms with E-state index in [2.05, 4.69) is 0 Å². The summed E-state index contributed by atoms with van der Waals surface area (Å²) in [5, 5.41) is 0. The van der Waals surface area contributed by atoms with Crippen LogP contribution >= 0.6 is 0 Å². The van der Waals surface area contributed by atoms with Crippen LogP contribution in [0.2, 0.25) is 0 Å². The zero-order valence-corrected chi connectivity index (χ0v) is 11.2. The fourth-order valence-corrected chi connectivity index (χ4v) is 0. The molecule has 0 radical (unpaired) electrons. The Bertz CT molecular complexity index is 3.61. The predicted octanol–water partition coefficient (Wildman–Crippen LogP) is -12.0. The maximum absolute atomic E-state index is 0. The standard InChI is InChI=1S/4BrH.W/h4*1H;/p-4. The van der Waals surface area contributed by atoms with E-state index in [-0.39, 0.29) is 89.0 Å². The SMILES string of the molecule is [Br-].[Br-].[Br-].[Br-].[W]. The van der Waals surface area contributed by atoms with Crippen molar-refractivity contribution in [1.82, 2.24) is 0 Å². The van der Waals surface area contributed by atoms with Gasteiger partial charge in [0.1, 0.15) is 0 Å². The van der Waals surface area contributed by atoms with Crippen molar-refractivity contribution in [3.05, 3.63) is 0 Å². The van der Waals surface area contributed by atoms with Crippen LogP contribution in [0.15, 0.2) is 0 Å². The van der Waals surface area contributed by atoms with Crippen molar-refractivity contribution >= 4 is 0 Å². The van der Waals surface area contributed by atoms with E-state index in [4.69, 9.17) is 0 Å². The molecule has 0 spiro atoms. The van der Waals surface area contributed by atoms with Gasteiger partial charge in [0.05, 0.1) is 0 Å². The Morgan fingerprint density at radius 2 is 0.400 bits per heavy atom. The summed E-state index contributed by atoms with van der Waals surface area (Å²) in [7, 11) is 0. The minimum atomic E-state index is 0. The molecular formula is Br4W-4. The predicted molar refractivity (Wildman–Crippen MR) is 0 cm³/mol. The Labute approximate surface area is 87.8 Å². The zero-order valence-electron chi connectivity index (χ0n) is 1.92. The second kappa shape index (κ2) is 30.6. The van der Waals surface area contributed by atoms with E-state index in [9.17, 15) is 0 Å². The van der Waals surface area contributed by atoms with Crippen LogP contribution < -0.4 is 67.9 Å². The summed E-state index contributed by atoms with van der Waals surface area (Å²) in [4.78, 5) is 0. The van der Waals surface area contributed by atoms with Crippen molar-refractivity contribution in [3.8, 4) is 0 Å². The van der Waals surface area contributed by atoms with Crippen LogP contribution in [-0.2, 0) is 21.1 Å². The molecule has 5 heavy (non-hydrogen) atoms. The maximum atomic E-state index is 0. The van der Waals surface area contributed by atoms with Gasteiger partial charge in [-0.1, -0.05) is 0 Å². The second-order valence-corrected chi connectivity index (χ2v) is 0. The van der Waals surface area contributed by atoms with E-state index in [1.54, 1.807) is 0 Å². The summed E-state index contributed by atoms with van der Waals surface area (Å²) >= 11 is 0. The summed E-state index contributed by atoms with van der Waals surface area (Å²) in [5.41, 5.74) is 0. The second-order valence-electron chi connectivity index (χ2n) is 0. The fraction of sp³-hybridized carbons (Fsp3) is 0. The molecule has 0 aromatic carbocycles. The normalized spacial score (nSPS) is 0. The molecule has 0 bridgehead atoms. The van der Waals surface area contributed by atoms with Gasteiger partial charge >= 0.3 is 0 Å². The Hall–Kier alpha value is 2.61. The first-order valence-electron chi connectivity index (χ1n) is 0. The van der Waals surface area contributed by atoms with Crippen molar-refractivity contribution in [2.24, 2.45) is 0 Å². The zero-order chi connectivity index (χ0) is 0. The molecule has 0 unspecified atom stereocenters. The molecule has 0 aromatic rings. The molecule has 5 heteroatoms. The maximum Gasteiger partial charge on any atom is 0 e. The van der Waals surface area contributed by atoms with E-state index in [1.807, 2.05) is 0 Å². The Morgan fingerprint density at radius 3 is 0.400 bits per heavy atom. The van der Waals surface area contributed by atoms with Crippen LogP contribution in [-0.4, -0.2) is 0 Å². The van der Waals surface area contributed by atoms with Crippen molar-refractivity contribution in [2.45, 2.75) is 0 Å². The number of halogens is 4. The van der Waals surface area contributed by atoms with Gasteiger partial charge in [0, 0.05) is 21.1 Å². The molecule has 0 saturated carbocycles. The molecule has 0 aliphatic carbocycles. The van der Waals surface area contributed by atoms with Crippen molar-refractivity contribution < 1.29 is 89.0 Å². The summed E-state index contributed by atoms with van der Waals surface area (Å²) in [6.07, 6.45) is 0. The molecule has 0 aliphatic heterocycles. The molecule has 0 rings (SSSR count). The summed E-state index contributed by atoms with van der Waals surface area (Å²) in [6.45, 7) is 0. The molecular weight excluding hydrogens is 503 g/mol. The van der Waals surface area contributed by atoms with Gasteiger partial charge in [-0.3, -0.25) is 0 Å². The van der Waals surface area contributed by atoms with Gasteiger partial charge in [0.25, 0.3) is 0 Å². The molecule has 0 amide bonds. The average molecular weight is 503 g/mol. The first-order chi connectivity index (χ1) is 0. The van der Waals surface area contributed by atoms with Gasteiger partial charge < -0.3 is 67.9 Å². The quantitative estimate of drug-likeness (QED) is 0.308. The topological polar surface area (TPSA) is 0 Å². The number of hydrogen-bond donors (Lipinski definition) is 0. The Morgan fingerprint density at radius 1 is 0.400 bits per heavy atom. The summed E-state index contributed by atoms with van der Waals surface area (Å²) in [5.74, 6) is 0. The van der Waals surface area contributed by atoms with Crippen LogP contribution in [0.5, 0.6) is 0 Å². The Kier molecular flexibility index (Phi) is 298. The van der Waals surface area contributed by atoms with Gasteiger partial charge in [-0.15, -0.1) is 0 Å². The smallest absolute Gasteiger partial charge is 0 e.